The molecule has 0 saturated heterocycles. The van der Waals surface area contributed by atoms with Gasteiger partial charge < -0.3 is 9.15 Å². The minimum absolute atomic E-state index is 0.170. The zero-order valence-corrected chi connectivity index (χ0v) is 16.2. The van der Waals surface area contributed by atoms with Crippen LogP contribution in [0.5, 0.6) is 0 Å². The topological polar surface area (TPSA) is 56.5 Å². The highest BCUT2D eigenvalue weighted by Gasteiger charge is 2.28. The van der Waals surface area contributed by atoms with E-state index in [1.54, 1.807) is 39.8 Å². The largest absolute Gasteiger partial charge is 0.456 e. The molecule has 0 spiro atoms. The number of carbonyl (C=O) groups is 1. The summed E-state index contributed by atoms with van der Waals surface area (Å²) in [6.45, 7) is 6.86. The molecule has 4 nitrogen and oxygen atoms in total. The predicted molar refractivity (Wildman–Crippen MR) is 106 cm³/mol. The molecular formula is C23H21FO4. The lowest BCUT2D eigenvalue weighted by Crippen LogP contribution is -2.25. The second kappa shape index (κ2) is 7.43. The smallest absolute Gasteiger partial charge is 0.344 e. The first kappa shape index (κ1) is 19.5. The van der Waals surface area contributed by atoms with Crippen LogP contribution in [-0.4, -0.2) is 11.6 Å². The van der Waals surface area contributed by atoms with Crippen molar-refractivity contribution in [1.82, 2.24) is 0 Å². The van der Waals surface area contributed by atoms with Gasteiger partial charge in [0.2, 0.25) is 0 Å². The lowest BCUT2D eigenvalue weighted by atomic mass is 9.91. The molecule has 5 heteroatoms. The lowest BCUT2D eigenvalue weighted by Gasteiger charge is -2.22. The van der Waals surface area contributed by atoms with E-state index in [2.05, 4.69) is 0 Å². The summed E-state index contributed by atoms with van der Waals surface area (Å²) in [6.07, 6.45) is 0. The molecule has 144 valence electrons. The Balaban J connectivity index is 2.37. The van der Waals surface area contributed by atoms with Gasteiger partial charge in [0.25, 0.3) is 0 Å². The fraction of sp³-hybridized carbons (Fsp3) is 0.217. The quantitative estimate of drug-likeness (QED) is 0.573. The number of aryl methyl sites for hydroxylation is 1. The number of ether oxygens (including phenoxy) is 1. The summed E-state index contributed by atoms with van der Waals surface area (Å²) in [7, 11) is 0. The minimum Gasteiger partial charge on any atom is -0.456 e. The zero-order chi connectivity index (χ0) is 20.5. The molecule has 0 atom stereocenters. The molecule has 0 saturated carbocycles. The van der Waals surface area contributed by atoms with Crippen molar-refractivity contribution in [3.05, 3.63) is 82.2 Å². The number of rotatable bonds is 3. The summed E-state index contributed by atoms with van der Waals surface area (Å²) >= 11 is 0. The Bertz CT molecular complexity index is 1060. The highest BCUT2D eigenvalue weighted by atomic mass is 19.1. The molecule has 0 aliphatic rings. The van der Waals surface area contributed by atoms with E-state index < -0.39 is 23.0 Å². The Kier molecular flexibility index (Phi) is 5.18. The van der Waals surface area contributed by atoms with Gasteiger partial charge in [0.15, 0.2) is 0 Å². The third-order valence-corrected chi connectivity index (χ3v) is 4.10. The summed E-state index contributed by atoms with van der Waals surface area (Å²) in [6, 6.07) is 14.6. The van der Waals surface area contributed by atoms with Crippen LogP contribution in [0.25, 0.3) is 22.3 Å². The zero-order valence-electron chi connectivity index (χ0n) is 16.2. The maximum atomic E-state index is 13.4. The number of carbonyl (C=O) groups excluding carboxylic acids is 1. The second-order valence-electron chi connectivity index (χ2n) is 7.45. The molecule has 0 aliphatic heterocycles. The SMILES string of the molecule is Cc1oc(=O)c(-c2ccc(F)cc2)c(-c2ccccc2)c1C(=O)OC(C)(C)C. The molecular weight excluding hydrogens is 359 g/mol. The first-order chi connectivity index (χ1) is 13.2. The Morgan fingerprint density at radius 1 is 0.929 bits per heavy atom. The Morgan fingerprint density at radius 2 is 1.50 bits per heavy atom. The number of esters is 1. The maximum absolute atomic E-state index is 13.4. The Labute approximate surface area is 162 Å². The van der Waals surface area contributed by atoms with Crippen molar-refractivity contribution < 1.29 is 18.3 Å². The molecule has 0 unspecified atom stereocenters. The lowest BCUT2D eigenvalue weighted by molar-refractivity contribution is 0.00666. The average Bonchev–Trinajstić information content (AvgIpc) is 2.61. The van der Waals surface area contributed by atoms with Gasteiger partial charge in [-0.15, -0.1) is 0 Å². The predicted octanol–water partition coefficient (Wildman–Crippen LogP) is 5.38. The number of halogens is 1. The normalized spacial score (nSPS) is 11.3. The Morgan fingerprint density at radius 3 is 2.07 bits per heavy atom. The first-order valence-electron chi connectivity index (χ1n) is 8.90. The summed E-state index contributed by atoms with van der Waals surface area (Å²) in [5.74, 6) is -0.839. The molecule has 0 bridgehead atoms. The van der Waals surface area contributed by atoms with Crippen LogP contribution in [0, 0.1) is 12.7 Å². The van der Waals surface area contributed by atoms with Crippen molar-refractivity contribution in [1.29, 1.82) is 0 Å². The van der Waals surface area contributed by atoms with Crippen molar-refractivity contribution in [2.45, 2.75) is 33.3 Å². The highest BCUT2D eigenvalue weighted by molar-refractivity contribution is 6.02. The van der Waals surface area contributed by atoms with Crippen LogP contribution in [0.15, 0.2) is 63.8 Å². The van der Waals surface area contributed by atoms with Crippen molar-refractivity contribution >= 4 is 5.97 Å². The van der Waals surface area contributed by atoms with Crippen LogP contribution in [-0.2, 0) is 4.74 Å². The van der Waals surface area contributed by atoms with E-state index in [0.717, 1.165) is 0 Å². The molecule has 1 heterocycles. The third kappa shape index (κ3) is 4.03. The van der Waals surface area contributed by atoms with E-state index in [9.17, 15) is 14.0 Å². The van der Waals surface area contributed by atoms with Crippen LogP contribution in [0.1, 0.15) is 36.9 Å². The molecule has 3 aromatic rings. The molecule has 0 aliphatic carbocycles. The van der Waals surface area contributed by atoms with E-state index >= 15 is 0 Å². The van der Waals surface area contributed by atoms with Gasteiger partial charge in [-0.05, 0) is 51.0 Å². The van der Waals surface area contributed by atoms with E-state index in [4.69, 9.17) is 9.15 Å². The fourth-order valence-electron chi connectivity index (χ4n) is 2.99. The second-order valence-corrected chi connectivity index (χ2v) is 7.45. The van der Waals surface area contributed by atoms with Gasteiger partial charge in [0, 0.05) is 5.56 Å². The van der Waals surface area contributed by atoms with Gasteiger partial charge in [-0.1, -0.05) is 42.5 Å². The van der Waals surface area contributed by atoms with Crippen molar-refractivity contribution in [3.63, 3.8) is 0 Å². The van der Waals surface area contributed by atoms with Gasteiger partial charge >= 0.3 is 11.6 Å². The van der Waals surface area contributed by atoms with Gasteiger partial charge in [-0.25, -0.2) is 14.0 Å². The summed E-state index contributed by atoms with van der Waals surface area (Å²) in [5.41, 5.74) is 0.588. The maximum Gasteiger partial charge on any atom is 0.344 e. The molecule has 1 aromatic heterocycles. The fourth-order valence-corrected chi connectivity index (χ4v) is 2.99. The molecule has 0 fully saturated rings. The van der Waals surface area contributed by atoms with E-state index in [0.29, 0.717) is 16.7 Å². The molecule has 3 rings (SSSR count). The van der Waals surface area contributed by atoms with Gasteiger partial charge in [0.05, 0.1) is 5.56 Å². The van der Waals surface area contributed by atoms with E-state index in [1.165, 1.54) is 24.3 Å². The highest BCUT2D eigenvalue weighted by Crippen LogP contribution is 2.35. The minimum atomic E-state index is -0.719. The Hall–Kier alpha value is -3.21. The number of benzene rings is 2. The standard InChI is InChI=1S/C23H21FO4/c1-14-18(22(26)28-23(2,3)4)19(15-8-6-5-7-9-15)20(21(25)27-14)16-10-12-17(24)13-11-16/h5-13H,1-4H3. The summed E-state index contributed by atoms with van der Waals surface area (Å²) in [4.78, 5) is 25.7. The van der Waals surface area contributed by atoms with Gasteiger partial charge in [-0.2, -0.15) is 0 Å². The summed E-state index contributed by atoms with van der Waals surface area (Å²) < 4.78 is 24.3. The van der Waals surface area contributed by atoms with Crippen molar-refractivity contribution in [3.8, 4) is 22.3 Å². The van der Waals surface area contributed by atoms with Crippen molar-refractivity contribution in [2.75, 3.05) is 0 Å². The third-order valence-electron chi connectivity index (χ3n) is 4.10. The van der Waals surface area contributed by atoms with Crippen LogP contribution in [0.3, 0.4) is 0 Å². The number of hydrogen-bond acceptors (Lipinski definition) is 4. The van der Waals surface area contributed by atoms with E-state index in [-0.39, 0.29) is 16.9 Å². The van der Waals surface area contributed by atoms with Crippen LogP contribution < -0.4 is 5.63 Å². The average molecular weight is 380 g/mol. The number of hydrogen-bond donors (Lipinski definition) is 0. The van der Waals surface area contributed by atoms with Crippen LogP contribution >= 0.6 is 0 Å². The van der Waals surface area contributed by atoms with E-state index in [1.807, 2.05) is 18.2 Å². The molecule has 2 aromatic carbocycles. The first-order valence-corrected chi connectivity index (χ1v) is 8.90. The molecule has 0 amide bonds. The van der Waals surface area contributed by atoms with Gasteiger partial charge in [0.1, 0.15) is 22.7 Å². The monoisotopic (exact) mass is 380 g/mol. The van der Waals surface area contributed by atoms with Crippen LogP contribution in [0.2, 0.25) is 0 Å². The van der Waals surface area contributed by atoms with Gasteiger partial charge in [-0.3, -0.25) is 0 Å². The molecule has 28 heavy (non-hydrogen) atoms. The summed E-state index contributed by atoms with van der Waals surface area (Å²) in [5, 5.41) is 0. The molecule has 0 radical (unpaired) electrons. The van der Waals surface area contributed by atoms with Crippen molar-refractivity contribution in [2.24, 2.45) is 0 Å². The van der Waals surface area contributed by atoms with Crippen LogP contribution in [0.4, 0.5) is 4.39 Å². The molecule has 0 N–H and O–H groups in total.